The Morgan fingerprint density at radius 2 is 2.00 bits per heavy atom. The second kappa shape index (κ2) is 8.76. The third kappa shape index (κ3) is 4.74. The summed E-state index contributed by atoms with van der Waals surface area (Å²) >= 11 is 0. The molecule has 1 amide bonds. The van der Waals surface area contributed by atoms with Crippen LogP contribution in [0.25, 0.3) is 0 Å². The minimum atomic E-state index is -0.285. The zero-order valence-electron chi connectivity index (χ0n) is 15.9. The van der Waals surface area contributed by atoms with Gasteiger partial charge in [0.1, 0.15) is 23.9 Å². The van der Waals surface area contributed by atoms with Crippen LogP contribution in [0, 0.1) is 0 Å². The number of methoxy groups -OCH3 is 1. The molecule has 2 atom stereocenters. The lowest BCUT2D eigenvalue weighted by Gasteiger charge is -2.11. The largest absolute Gasteiger partial charge is 0.497 e. The number of hydrogen-bond acceptors (Lipinski definition) is 7. The van der Waals surface area contributed by atoms with Gasteiger partial charge in [0, 0.05) is 30.9 Å². The van der Waals surface area contributed by atoms with Gasteiger partial charge in [0.15, 0.2) is 5.76 Å². The Morgan fingerprint density at radius 3 is 2.83 bits per heavy atom. The zero-order chi connectivity index (χ0) is 20.1. The molecule has 1 aromatic carbocycles. The van der Waals surface area contributed by atoms with Gasteiger partial charge in [-0.3, -0.25) is 9.78 Å². The minimum absolute atomic E-state index is 0.103. The number of pyridine rings is 1. The Bertz CT molecular complexity index is 960. The molecule has 3 N–H and O–H groups in total. The Labute approximate surface area is 168 Å². The van der Waals surface area contributed by atoms with Crippen molar-refractivity contribution in [2.75, 3.05) is 7.11 Å². The van der Waals surface area contributed by atoms with Gasteiger partial charge < -0.3 is 19.2 Å². The van der Waals surface area contributed by atoms with Crippen molar-refractivity contribution in [2.45, 2.75) is 25.2 Å². The van der Waals surface area contributed by atoms with Gasteiger partial charge >= 0.3 is 0 Å². The van der Waals surface area contributed by atoms with Gasteiger partial charge in [0.2, 0.25) is 0 Å². The molecule has 2 unspecified atom stereocenters. The van der Waals surface area contributed by atoms with Gasteiger partial charge in [0.25, 0.3) is 5.91 Å². The minimum Gasteiger partial charge on any atom is -0.497 e. The molecule has 150 valence electrons. The molecule has 0 bridgehead atoms. The molecule has 29 heavy (non-hydrogen) atoms. The summed E-state index contributed by atoms with van der Waals surface area (Å²) < 4.78 is 16.5. The molecular formula is C21H22N4O4. The highest BCUT2D eigenvalue weighted by Crippen LogP contribution is 2.22. The molecule has 1 aliphatic heterocycles. The Kier molecular flexibility index (Phi) is 5.73. The van der Waals surface area contributed by atoms with Crippen molar-refractivity contribution in [3.8, 4) is 11.5 Å². The molecule has 2 aromatic heterocycles. The van der Waals surface area contributed by atoms with E-state index >= 15 is 0 Å². The van der Waals surface area contributed by atoms with E-state index < -0.39 is 0 Å². The number of aromatic nitrogens is 1. The SMILES string of the molecule is COc1cccc(OCc2ccc(C(=O)NC3CC(c4ccncc4)NN3)o2)c1. The predicted octanol–water partition coefficient (Wildman–Crippen LogP) is 2.56. The summed E-state index contributed by atoms with van der Waals surface area (Å²) in [6, 6.07) is 14.7. The first-order valence-electron chi connectivity index (χ1n) is 9.28. The van der Waals surface area contributed by atoms with Gasteiger partial charge in [-0.05, 0) is 42.0 Å². The maximum absolute atomic E-state index is 12.5. The van der Waals surface area contributed by atoms with Crippen LogP contribution < -0.4 is 25.6 Å². The van der Waals surface area contributed by atoms with E-state index in [0.29, 0.717) is 23.7 Å². The molecule has 3 heterocycles. The van der Waals surface area contributed by atoms with Crippen molar-refractivity contribution >= 4 is 5.91 Å². The first kappa shape index (κ1) is 19.0. The molecule has 0 radical (unpaired) electrons. The van der Waals surface area contributed by atoms with Crippen LogP contribution in [-0.4, -0.2) is 24.2 Å². The summed E-state index contributed by atoms with van der Waals surface area (Å²) in [5, 5.41) is 2.92. The van der Waals surface area contributed by atoms with Gasteiger partial charge in [-0.2, -0.15) is 0 Å². The maximum atomic E-state index is 12.5. The number of nitrogens with one attached hydrogen (secondary N) is 3. The smallest absolute Gasteiger partial charge is 0.288 e. The normalized spacial score (nSPS) is 18.4. The van der Waals surface area contributed by atoms with E-state index in [0.717, 1.165) is 5.56 Å². The molecule has 8 heteroatoms. The highest BCUT2D eigenvalue weighted by atomic mass is 16.5. The average Bonchev–Trinajstić information content (AvgIpc) is 3.43. The van der Waals surface area contributed by atoms with Crippen molar-refractivity contribution in [2.24, 2.45) is 0 Å². The number of carbonyl (C=O) groups is 1. The number of furan rings is 1. The van der Waals surface area contributed by atoms with Crippen molar-refractivity contribution in [1.29, 1.82) is 0 Å². The Balaban J connectivity index is 1.29. The van der Waals surface area contributed by atoms with Crippen molar-refractivity contribution in [3.05, 3.63) is 78.0 Å². The fourth-order valence-electron chi connectivity index (χ4n) is 3.12. The summed E-state index contributed by atoms with van der Waals surface area (Å²) in [7, 11) is 1.60. The summed E-state index contributed by atoms with van der Waals surface area (Å²) in [6.07, 6.45) is 4.01. The molecule has 4 rings (SSSR count). The molecule has 1 fully saturated rings. The second-order valence-corrected chi connectivity index (χ2v) is 6.62. The van der Waals surface area contributed by atoms with Crippen LogP contribution in [0.1, 0.15) is 34.3 Å². The van der Waals surface area contributed by atoms with Crippen molar-refractivity contribution < 1.29 is 18.7 Å². The van der Waals surface area contributed by atoms with E-state index in [9.17, 15) is 4.79 Å². The van der Waals surface area contributed by atoms with Gasteiger partial charge in [-0.1, -0.05) is 6.07 Å². The number of ether oxygens (including phenoxy) is 2. The Hall–Kier alpha value is -3.36. The highest BCUT2D eigenvalue weighted by Gasteiger charge is 2.27. The average molecular weight is 394 g/mol. The summed E-state index contributed by atoms with van der Waals surface area (Å²) in [4.78, 5) is 16.5. The van der Waals surface area contributed by atoms with Crippen LogP contribution in [0.2, 0.25) is 0 Å². The van der Waals surface area contributed by atoms with E-state index in [1.54, 1.807) is 37.7 Å². The predicted molar refractivity (Wildman–Crippen MR) is 105 cm³/mol. The number of amides is 1. The molecule has 0 aliphatic carbocycles. The fraction of sp³-hybridized carbons (Fsp3) is 0.238. The van der Waals surface area contributed by atoms with Crippen LogP contribution in [0.5, 0.6) is 11.5 Å². The van der Waals surface area contributed by atoms with Gasteiger partial charge in [0.05, 0.1) is 13.3 Å². The first-order chi connectivity index (χ1) is 14.2. The monoisotopic (exact) mass is 394 g/mol. The second-order valence-electron chi connectivity index (χ2n) is 6.62. The summed E-state index contributed by atoms with van der Waals surface area (Å²) in [5.41, 5.74) is 7.38. The van der Waals surface area contributed by atoms with E-state index in [1.807, 2.05) is 30.3 Å². The lowest BCUT2D eigenvalue weighted by Crippen LogP contribution is -2.44. The van der Waals surface area contributed by atoms with Crippen molar-refractivity contribution in [3.63, 3.8) is 0 Å². The van der Waals surface area contributed by atoms with Crippen molar-refractivity contribution in [1.82, 2.24) is 21.2 Å². The van der Waals surface area contributed by atoms with E-state index in [4.69, 9.17) is 13.9 Å². The van der Waals surface area contributed by atoms with Crippen LogP contribution >= 0.6 is 0 Å². The zero-order valence-corrected chi connectivity index (χ0v) is 15.9. The van der Waals surface area contributed by atoms with Crippen LogP contribution in [0.15, 0.2) is 65.3 Å². The number of benzene rings is 1. The summed E-state index contributed by atoms with van der Waals surface area (Å²) in [5.74, 6) is 1.89. The molecule has 0 spiro atoms. The first-order valence-corrected chi connectivity index (χ1v) is 9.28. The molecular weight excluding hydrogens is 372 g/mol. The fourth-order valence-corrected chi connectivity index (χ4v) is 3.12. The van der Waals surface area contributed by atoms with Gasteiger partial charge in [-0.15, -0.1) is 0 Å². The summed E-state index contributed by atoms with van der Waals surface area (Å²) in [6.45, 7) is 0.216. The van der Waals surface area contributed by atoms with E-state index in [2.05, 4.69) is 21.2 Å². The number of hydrogen-bond donors (Lipinski definition) is 3. The number of carbonyl (C=O) groups excluding carboxylic acids is 1. The standard InChI is InChI=1S/C21H22N4O4/c1-27-15-3-2-4-16(11-15)28-13-17-5-6-19(29-17)21(26)23-20-12-18(24-25-20)14-7-9-22-10-8-14/h2-11,18,20,24-25H,12-13H2,1H3,(H,23,26). The Morgan fingerprint density at radius 1 is 1.17 bits per heavy atom. The lowest BCUT2D eigenvalue weighted by atomic mass is 10.1. The van der Waals surface area contributed by atoms with Crippen LogP contribution in [-0.2, 0) is 6.61 Å². The lowest BCUT2D eigenvalue weighted by molar-refractivity contribution is 0.0900. The molecule has 1 saturated heterocycles. The van der Waals surface area contributed by atoms with Crippen LogP contribution in [0.4, 0.5) is 0 Å². The molecule has 3 aromatic rings. The molecule has 0 saturated carbocycles. The number of hydrazine groups is 1. The molecule has 1 aliphatic rings. The van der Waals surface area contributed by atoms with E-state index in [-0.39, 0.29) is 30.5 Å². The van der Waals surface area contributed by atoms with E-state index in [1.165, 1.54) is 0 Å². The quantitative estimate of drug-likeness (QED) is 0.567. The topological polar surface area (TPSA) is 97.7 Å². The third-order valence-corrected chi connectivity index (χ3v) is 4.62. The maximum Gasteiger partial charge on any atom is 0.288 e. The van der Waals surface area contributed by atoms with Crippen LogP contribution in [0.3, 0.4) is 0 Å². The number of nitrogens with zero attached hydrogens (tertiary/aromatic N) is 1. The third-order valence-electron chi connectivity index (χ3n) is 4.62. The molecule has 8 nitrogen and oxygen atoms in total. The number of rotatable bonds is 7. The van der Waals surface area contributed by atoms with Gasteiger partial charge in [-0.25, -0.2) is 10.9 Å². The highest BCUT2D eigenvalue weighted by molar-refractivity contribution is 5.91.